The summed E-state index contributed by atoms with van der Waals surface area (Å²) in [4.78, 5) is 26.0. The van der Waals surface area contributed by atoms with E-state index in [0.29, 0.717) is 59.2 Å². The minimum absolute atomic E-state index is 0.104. The maximum Gasteiger partial charge on any atom is 0.306 e. The summed E-state index contributed by atoms with van der Waals surface area (Å²) in [5.41, 5.74) is 2.64. The quantitative estimate of drug-likeness (QED) is 0.362. The van der Waals surface area contributed by atoms with Gasteiger partial charge >= 0.3 is 5.97 Å². The van der Waals surface area contributed by atoms with Crippen LogP contribution in [0.2, 0.25) is 10.0 Å². The summed E-state index contributed by atoms with van der Waals surface area (Å²) in [6.45, 7) is 5.57. The standard InChI is InChI=1S/C27H26Cl2F2N2O3/c1-4-27(30,31)21-14-23-17(11-15(21)2)12-18(32(23)3)13-20-22(28)6-5-19(24(20)29)25(34)33-9-7-16(8-10-33)26(35)36/h4-6,11-12,14,16H,1,7-10,13H2,2-3H3,(H,35,36). The minimum Gasteiger partial charge on any atom is -0.481 e. The number of allylic oxidation sites excluding steroid dienone is 1. The number of hydrogen-bond donors (Lipinski definition) is 1. The molecule has 2 heterocycles. The number of carboxylic acid groups (broad SMARTS) is 1. The molecule has 1 aliphatic heterocycles. The number of piperidine rings is 1. The Morgan fingerprint density at radius 3 is 2.47 bits per heavy atom. The Kier molecular flexibility index (Phi) is 7.17. The summed E-state index contributed by atoms with van der Waals surface area (Å²) >= 11 is 13.2. The lowest BCUT2D eigenvalue weighted by Gasteiger charge is -2.30. The average Bonchev–Trinajstić information content (AvgIpc) is 3.14. The smallest absolute Gasteiger partial charge is 0.306 e. The fraction of sp³-hybridized carbons (Fsp3) is 0.333. The number of amides is 1. The van der Waals surface area contributed by atoms with Gasteiger partial charge in [0.05, 0.1) is 16.5 Å². The van der Waals surface area contributed by atoms with Crippen LogP contribution >= 0.6 is 23.2 Å². The molecule has 1 N–H and O–H groups in total. The van der Waals surface area contributed by atoms with E-state index < -0.39 is 17.8 Å². The zero-order chi connectivity index (χ0) is 26.4. The number of aryl methyl sites for hydroxylation is 2. The third-order valence-corrected chi connectivity index (χ3v) is 7.80. The van der Waals surface area contributed by atoms with Crippen molar-refractivity contribution >= 4 is 46.0 Å². The van der Waals surface area contributed by atoms with E-state index in [1.54, 1.807) is 37.1 Å². The van der Waals surface area contributed by atoms with E-state index in [2.05, 4.69) is 6.58 Å². The molecule has 0 bridgehead atoms. The number of aliphatic carboxylic acids is 1. The van der Waals surface area contributed by atoms with Crippen LogP contribution in [0.5, 0.6) is 0 Å². The van der Waals surface area contributed by atoms with Gasteiger partial charge in [-0.2, -0.15) is 8.78 Å². The lowest BCUT2D eigenvalue weighted by atomic mass is 9.96. The van der Waals surface area contributed by atoms with Gasteiger partial charge in [0.2, 0.25) is 0 Å². The number of nitrogens with zero attached hydrogens (tertiary/aromatic N) is 2. The van der Waals surface area contributed by atoms with Crippen molar-refractivity contribution in [3.8, 4) is 0 Å². The first-order valence-electron chi connectivity index (χ1n) is 11.5. The van der Waals surface area contributed by atoms with Crippen LogP contribution in [0.15, 0.2) is 43.0 Å². The summed E-state index contributed by atoms with van der Waals surface area (Å²) < 4.78 is 30.6. The van der Waals surface area contributed by atoms with Gasteiger partial charge in [0, 0.05) is 53.7 Å². The molecule has 9 heteroatoms. The Labute approximate surface area is 217 Å². The molecule has 1 amide bonds. The van der Waals surface area contributed by atoms with E-state index in [-0.39, 0.29) is 22.9 Å². The minimum atomic E-state index is -3.15. The summed E-state index contributed by atoms with van der Waals surface area (Å²) in [5, 5.41) is 10.6. The maximum atomic E-state index is 14.4. The van der Waals surface area contributed by atoms with Gasteiger partial charge in [-0.05, 0) is 67.3 Å². The van der Waals surface area contributed by atoms with E-state index in [4.69, 9.17) is 23.2 Å². The summed E-state index contributed by atoms with van der Waals surface area (Å²) in [6.07, 6.45) is 1.71. The molecule has 0 atom stereocenters. The SMILES string of the molecule is C=CC(F)(F)c1cc2c(cc1C)cc(Cc1c(Cl)ccc(C(=O)N3CCC(C(=O)O)CC3)c1Cl)n2C. The summed E-state index contributed by atoms with van der Waals surface area (Å²) in [7, 11) is 1.78. The number of halogens is 4. The van der Waals surface area contributed by atoms with Gasteiger partial charge in [-0.25, -0.2) is 0 Å². The normalized spacial score (nSPS) is 14.9. The van der Waals surface area contributed by atoms with Crippen LogP contribution in [-0.2, 0) is 24.2 Å². The third kappa shape index (κ3) is 4.74. The van der Waals surface area contributed by atoms with Crippen molar-refractivity contribution in [2.45, 2.75) is 32.1 Å². The van der Waals surface area contributed by atoms with E-state index in [9.17, 15) is 23.5 Å². The molecular weight excluding hydrogens is 509 g/mol. The second-order valence-electron chi connectivity index (χ2n) is 9.22. The molecule has 1 saturated heterocycles. The molecule has 4 rings (SSSR count). The Hall–Kier alpha value is -2.90. The maximum absolute atomic E-state index is 14.4. The first-order valence-corrected chi connectivity index (χ1v) is 12.3. The first kappa shape index (κ1) is 26.2. The molecular formula is C27H26Cl2F2N2O3. The van der Waals surface area contributed by atoms with Crippen molar-refractivity contribution in [3.63, 3.8) is 0 Å². The number of hydrogen-bond acceptors (Lipinski definition) is 2. The van der Waals surface area contributed by atoms with Crippen LogP contribution in [0.4, 0.5) is 8.78 Å². The number of fused-ring (bicyclic) bond motifs is 1. The van der Waals surface area contributed by atoms with E-state index >= 15 is 0 Å². The van der Waals surface area contributed by atoms with Gasteiger partial charge in [-0.1, -0.05) is 29.8 Å². The Bertz CT molecular complexity index is 1380. The molecule has 0 saturated carbocycles. The van der Waals surface area contributed by atoms with Crippen molar-refractivity contribution in [2.24, 2.45) is 13.0 Å². The van der Waals surface area contributed by atoms with E-state index in [0.717, 1.165) is 11.1 Å². The van der Waals surface area contributed by atoms with Crippen molar-refractivity contribution < 1.29 is 23.5 Å². The Morgan fingerprint density at radius 2 is 1.86 bits per heavy atom. The summed E-state index contributed by atoms with van der Waals surface area (Å²) in [6, 6.07) is 8.29. The molecule has 3 aromatic rings. The lowest BCUT2D eigenvalue weighted by Crippen LogP contribution is -2.40. The molecule has 190 valence electrons. The molecule has 0 aliphatic carbocycles. The van der Waals surface area contributed by atoms with Crippen LogP contribution < -0.4 is 0 Å². The van der Waals surface area contributed by atoms with Crippen LogP contribution in [0, 0.1) is 12.8 Å². The van der Waals surface area contributed by atoms with Crippen molar-refractivity contribution in [1.29, 1.82) is 0 Å². The highest BCUT2D eigenvalue weighted by Crippen LogP contribution is 2.37. The molecule has 0 radical (unpaired) electrons. The van der Waals surface area contributed by atoms with Gasteiger partial charge in [0.25, 0.3) is 11.8 Å². The molecule has 2 aromatic carbocycles. The van der Waals surface area contributed by atoms with Crippen molar-refractivity contribution in [3.05, 3.63) is 81.0 Å². The highest BCUT2D eigenvalue weighted by atomic mass is 35.5. The monoisotopic (exact) mass is 534 g/mol. The largest absolute Gasteiger partial charge is 0.481 e. The predicted molar refractivity (Wildman–Crippen MR) is 137 cm³/mol. The number of alkyl halides is 2. The second kappa shape index (κ2) is 9.87. The lowest BCUT2D eigenvalue weighted by molar-refractivity contribution is -0.143. The van der Waals surface area contributed by atoms with Crippen LogP contribution in [0.1, 0.15) is 45.6 Å². The van der Waals surface area contributed by atoms with Crippen LogP contribution in [0.25, 0.3) is 10.9 Å². The number of carbonyl (C=O) groups is 2. The number of likely N-dealkylation sites (tertiary alicyclic amines) is 1. The number of aromatic nitrogens is 1. The third-order valence-electron chi connectivity index (χ3n) is 7.01. The average molecular weight is 535 g/mol. The predicted octanol–water partition coefficient (Wildman–Crippen LogP) is 6.60. The zero-order valence-electron chi connectivity index (χ0n) is 20.0. The molecule has 1 fully saturated rings. The van der Waals surface area contributed by atoms with Gasteiger partial charge in [-0.3, -0.25) is 9.59 Å². The van der Waals surface area contributed by atoms with E-state index in [1.807, 2.05) is 10.6 Å². The molecule has 0 spiro atoms. The zero-order valence-corrected chi connectivity index (χ0v) is 21.5. The number of carboxylic acids is 1. The molecule has 5 nitrogen and oxygen atoms in total. The Morgan fingerprint density at radius 1 is 1.19 bits per heavy atom. The first-order chi connectivity index (χ1) is 16.9. The van der Waals surface area contributed by atoms with Crippen LogP contribution in [-0.4, -0.2) is 39.5 Å². The fourth-order valence-corrected chi connectivity index (χ4v) is 5.39. The topological polar surface area (TPSA) is 62.5 Å². The number of rotatable bonds is 6. The van der Waals surface area contributed by atoms with Gasteiger partial charge in [0.15, 0.2) is 0 Å². The van der Waals surface area contributed by atoms with Gasteiger partial charge < -0.3 is 14.6 Å². The highest BCUT2D eigenvalue weighted by molar-refractivity contribution is 6.38. The fourth-order valence-electron chi connectivity index (χ4n) is 4.80. The molecule has 1 aliphatic rings. The molecule has 0 unspecified atom stereocenters. The van der Waals surface area contributed by atoms with Crippen molar-refractivity contribution in [1.82, 2.24) is 9.47 Å². The number of benzene rings is 2. The Balaban J connectivity index is 1.66. The highest BCUT2D eigenvalue weighted by Gasteiger charge is 2.31. The van der Waals surface area contributed by atoms with E-state index in [1.165, 1.54) is 6.07 Å². The van der Waals surface area contributed by atoms with Gasteiger partial charge in [0.1, 0.15) is 0 Å². The molecule has 1 aromatic heterocycles. The van der Waals surface area contributed by atoms with Gasteiger partial charge in [-0.15, -0.1) is 0 Å². The molecule has 36 heavy (non-hydrogen) atoms. The van der Waals surface area contributed by atoms with Crippen molar-refractivity contribution in [2.75, 3.05) is 13.1 Å². The van der Waals surface area contributed by atoms with Crippen LogP contribution in [0.3, 0.4) is 0 Å². The number of carbonyl (C=O) groups excluding carboxylic acids is 1. The summed E-state index contributed by atoms with van der Waals surface area (Å²) in [5.74, 6) is -4.72. The second-order valence-corrected chi connectivity index (χ2v) is 10.0.